The van der Waals surface area contributed by atoms with E-state index < -0.39 is 0 Å². The van der Waals surface area contributed by atoms with Gasteiger partial charge in [-0.3, -0.25) is 9.79 Å². The highest BCUT2D eigenvalue weighted by atomic mass is 127. The van der Waals surface area contributed by atoms with Crippen molar-refractivity contribution in [2.24, 2.45) is 4.99 Å². The summed E-state index contributed by atoms with van der Waals surface area (Å²) in [6.45, 7) is 0.731. The molecule has 0 saturated heterocycles. The summed E-state index contributed by atoms with van der Waals surface area (Å²) < 4.78 is 6.48. The van der Waals surface area contributed by atoms with E-state index in [4.69, 9.17) is 4.74 Å². The number of rotatable bonds is 5. The van der Waals surface area contributed by atoms with Crippen molar-refractivity contribution in [1.29, 1.82) is 0 Å². The van der Waals surface area contributed by atoms with Gasteiger partial charge in [0, 0.05) is 45.2 Å². The first-order valence-electron chi connectivity index (χ1n) is 11.6. The average molecular weight is 562 g/mol. The van der Waals surface area contributed by atoms with Gasteiger partial charge >= 0.3 is 0 Å². The fraction of sp³-hybridized carbons (Fsp3) is 0.462. The van der Waals surface area contributed by atoms with Gasteiger partial charge in [0.15, 0.2) is 5.96 Å². The molecule has 1 heterocycles. The number of nitrogens with one attached hydrogen (secondary N) is 2. The van der Waals surface area contributed by atoms with Crippen molar-refractivity contribution >= 4 is 35.8 Å². The summed E-state index contributed by atoms with van der Waals surface area (Å²) >= 11 is 0. The van der Waals surface area contributed by atoms with E-state index in [1.54, 1.807) is 19.0 Å². The standard InChI is InChI=1S/C26H34N4O2.HI/c1-27-25(28-16-13-19-9-8-10-20(17-19)24(31)30(2)3)29-22-18-26(14-6-7-15-26)32-23-12-5-4-11-21(22)23;/h4-5,8-12,17,22H,6-7,13-16,18H2,1-3H3,(H2,27,28,29);1H. The molecule has 1 amide bonds. The Morgan fingerprint density at radius 1 is 1.15 bits per heavy atom. The third-order valence-corrected chi connectivity index (χ3v) is 6.53. The lowest BCUT2D eigenvalue weighted by Crippen LogP contribution is -2.47. The topological polar surface area (TPSA) is 66.0 Å². The Morgan fingerprint density at radius 2 is 1.91 bits per heavy atom. The van der Waals surface area contributed by atoms with Crippen LogP contribution in [0.2, 0.25) is 0 Å². The molecule has 1 aliphatic carbocycles. The summed E-state index contributed by atoms with van der Waals surface area (Å²) in [4.78, 5) is 18.3. The summed E-state index contributed by atoms with van der Waals surface area (Å²) in [5.41, 5.74) is 2.99. The molecule has 1 spiro atoms. The van der Waals surface area contributed by atoms with Crippen LogP contribution in [-0.2, 0) is 6.42 Å². The molecule has 0 aromatic heterocycles. The molecule has 2 N–H and O–H groups in total. The van der Waals surface area contributed by atoms with Gasteiger partial charge in [-0.05, 0) is 55.9 Å². The molecule has 1 unspecified atom stereocenters. The van der Waals surface area contributed by atoms with E-state index in [-0.39, 0.29) is 41.5 Å². The molecule has 7 heteroatoms. The number of hydrogen-bond donors (Lipinski definition) is 2. The molecule has 33 heavy (non-hydrogen) atoms. The van der Waals surface area contributed by atoms with Crippen LogP contribution >= 0.6 is 24.0 Å². The predicted octanol–water partition coefficient (Wildman–Crippen LogP) is 4.55. The molecule has 0 bridgehead atoms. The fourth-order valence-electron chi connectivity index (χ4n) is 4.88. The van der Waals surface area contributed by atoms with Gasteiger partial charge < -0.3 is 20.3 Å². The van der Waals surface area contributed by atoms with Crippen LogP contribution in [0, 0.1) is 0 Å². The van der Waals surface area contributed by atoms with E-state index in [1.165, 1.54) is 18.4 Å². The zero-order chi connectivity index (χ0) is 22.6. The van der Waals surface area contributed by atoms with E-state index in [0.29, 0.717) is 0 Å². The van der Waals surface area contributed by atoms with Gasteiger partial charge in [0.25, 0.3) is 5.91 Å². The van der Waals surface area contributed by atoms with Crippen LogP contribution in [0.1, 0.15) is 59.6 Å². The number of benzene rings is 2. The Labute approximate surface area is 214 Å². The van der Waals surface area contributed by atoms with Gasteiger partial charge in [0.2, 0.25) is 0 Å². The molecule has 1 aliphatic heterocycles. The summed E-state index contributed by atoms with van der Waals surface area (Å²) in [7, 11) is 5.36. The molecule has 4 rings (SSSR count). The molecule has 2 aromatic carbocycles. The van der Waals surface area contributed by atoms with Crippen molar-refractivity contribution in [1.82, 2.24) is 15.5 Å². The highest BCUT2D eigenvalue weighted by molar-refractivity contribution is 14.0. The van der Waals surface area contributed by atoms with Crippen molar-refractivity contribution in [2.45, 2.75) is 50.2 Å². The minimum atomic E-state index is -0.0513. The normalized spacial score (nSPS) is 18.6. The van der Waals surface area contributed by atoms with Gasteiger partial charge in [-0.25, -0.2) is 0 Å². The quantitative estimate of drug-likeness (QED) is 0.319. The zero-order valence-electron chi connectivity index (χ0n) is 19.8. The van der Waals surface area contributed by atoms with Crippen LogP contribution in [0.3, 0.4) is 0 Å². The molecule has 2 aliphatic rings. The largest absolute Gasteiger partial charge is 0.487 e. The number of para-hydroxylation sites is 1. The predicted molar refractivity (Wildman–Crippen MR) is 144 cm³/mol. The lowest BCUT2D eigenvalue weighted by atomic mass is 9.86. The smallest absolute Gasteiger partial charge is 0.253 e. The summed E-state index contributed by atoms with van der Waals surface area (Å²) in [5.74, 6) is 1.81. The first-order chi connectivity index (χ1) is 15.5. The van der Waals surface area contributed by atoms with Crippen molar-refractivity contribution in [3.8, 4) is 5.75 Å². The van der Waals surface area contributed by atoms with Gasteiger partial charge in [-0.15, -0.1) is 24.0 Å². The van der Waals surface area contributed by atoms with E-state index in [9.17, 15) is 4.79 Å². The van der Waals surface area contributed by atoms with Gasteiger partial charge in [-0.1, -0.05) is 30.3 Å². The summed E-state index contributed by atoms with van der Waals surface area (Å²) in [6.07, 6.45) is 6.47. The van der Waals surface area contributed by atoms with Crippen LogP contribution in [0.4, 0.5) is 0 Å². The van der Waals surface area contributed by atoms with Crippen molar-refractivity contribution in [3.63, 3.8) is 0 Å². The van der Waals surface area contributed by atoms with E-state index >= 15 is 0 Å². The lowest BCUT2D eigenvalue weighted by molar-refractivity contribution is 0.0396. The third-order valence-electron chi connectivity index (χ3n) is 6.53. The lowest BCUT2D eigenvalue weighted by Gasteiger charge is -2.40. The van der Waals surface area contributed by atoms with Crippen LogP contribution in [0.5, 0.6) is 5.75 Å². The molecule has 2 aromatic rings. The number of ether oxygens (including phenoxy) is 1. The highest BCUT2D eigenvalue weighted by Gasteiger charge is 2.43. The second-order valence-electron chi connectivity index (χ2n) is 9.08. The number of amides is 1. The van der Waals surface area contributed by atoms with Crippen LogP contribution in [0.15, 0.2) is 53.5 Å². The van der Waals surface area contributed by atoms with Crippen molar-refractivity contribution in [3.05, 3.63) is 65.2 Å². The van der Waals surface area contributed by atoms with Crippen molar-refractivity contribution in [2.75, 3.05) is 27.7 Å². The van der Waals surface area contributed by atoms with Crippen molar-refractivity contribution < 1.29 is 9.53 Å². The number of fused-ring (bicyclic) bond motifs is 1. The van der Waals surface area contributed by atoms with Gasteiger partial charge in [0.05, 0.1) is 6.04 Å². The molecule has 6 nitrogen and oxygen atoms in total. The highest BCUT2D eigenvalue weighted by Crippen LogP contribution is 2.46. The summed E-state index contributed by atoms with van der Waals surface area (Å²) in [5, 5.41) is 7.09. The number of hydrogen-bond acceptors (Lipinski definition) is 3. The van der Waals surface area contributed by atoms with E-state index in [0.717, 1.165) is 55.1 Å². The Bertz CT molecular complexity index is 986. The first-order valence-corrected chi connectivity index (χ1v) is 11.6. The first kappa shape index (κ1) is 25.3. The van der Waals surface area contributed by atoms with Crippen LogP contribution in [-0.4, -0.2) is 50.1 Å². The molecular formula is C26H35IN4O2. The maximum atomic E-state index is 12.2. The third kappa shape index (κ3) is 5.99. The minimum absolute atomic E-state index is 0. The number of carbonyl (C=O) groups excluding carboxylic acids is 1. The maximum Gasteiger partial charge on any atom is 0.253 e. The Hall–Kier alpha value is -2.29. The Balaban J connectivity index is 0.00000306. The van der Waals surface area contributed by atoms with Gasteiger partial charge in [-0.2, -0.15) is 0 Å². The van der Waals surface area contributed by atoms with Crippen LogP contribution < -0.4 is 15.4 Å². The molecule has 1 saturated carbocycles. The molecule has 1 atom stereocenters. The minimum Gasteiger partial charge on any atom is -0.487 e. The molecule has 1 fully saturated rings. The second kappa shape index (κ2) is 11.2. The molecule has 178 valence electrons. The zero-order valence-corrected chi connectivity index (χ0v) is 22.1. The SMILES string of the molecule is CN=C(NCCc1cccc(C(=O)N(C)C)c1)NC1CC2(CCCC2)Oc2ccccc21.I. The number of carbonyl (C=O) groups is 1. The van der Waals surface area contributed by atoms with Crippen LogP contribution in [0.25, 0.3) is 0 Å². The molecule has 0 radical (unpaired) electrons. The Kier molecular flexibility index (Phi) is 8.62. The summed E-state index contributed by atoms with van der Waals surface area (Å²) in [6, 6.07) is 16.4. The van der Waals surface area contributed by atoms with E-state index in [2.05, 4.69) is 39.9 Å². The number of aliphatic imine (C=N–C) groups is 1. The maximum absolute atomic E-state index is 12.2. The Morgan fingerprint density at radius 3 is 2.64 bits per heavy atom. The monoisotopic (exact) mass is 562 g/mol. The fourth-order valence-corrected chi connectivity index (χ4v) is 4.88. The average Bonchev–Trinajstić information content (AvgIpc) is 3.25. The number of halogens is 1. The molecular weight excluding hydrogens is 527 g/mol. The second-order valence-corrected chi connectivity index (χ2v) is 9.08. The van der Waals surface area contributed by atoms with Gasteiger partial charge in [0.1, 0.15) is 11.4 Å². The number of guanidine groups is 1. The number of nitrogens with zero attached hydrogens (tertiary/aromatic N) is 2. The van der Waals surface area contributed by atoms with E-state index in [1.807, 2.05) is 31.3 Å².